The summed E-state index contributed by atoms with van der Waals surface area (Å²) in [5.41, 5.74) is 1.14. The van der Waals surface area contributed by atoms with Crippen molar-refractivity contribution in [3.63, 3.8) is 0 Å². The van der Waals surface area contributed by atoms with Crippen LogP contribution in [0.25, 0.3) is 0 Å². The van der Waals surface area contributed by atoms with E-state index < -0.39 is 0 Å². The number of halogens is 3. The molecule has 1 aromatic carbocycles. The van der Waals surface area contributed by atoms with Gasteiger partial charge in [-0.2, -0.15) is 0 Å². The van der Waals surface area contributed by atoms with E-state index in [1.165, 1.54) is 6.33 Å². The second-order valence-electron chi connectivity index (χ2n) is 3.68. The summed E-state index contributed by atoms with van der Waals surface area (Å²) in [7, 11) is 0. The van der Waals surface area contributed by atoms with Crippen molar-refractivity contribution < 1.29 is 4.79 Å². The maximum atomic E-state index is 11.9. The molecule has 0 fully saturated rings. The normalized spacial score (nSPS) is 10.3. The third-order valence-corrected chi connectivity index (χ3v) is 3.59. The summed E-state index contributed by atoms with van der Waals surface area (Å²) in [6.45, 7) is 0. The van der Waals surface area contributed by atoms with Crippen molar-refractivity contribution in [3.05, 3.63) is 50.0 Å². The van der Waals surface area contributed by atoms with Crippen LogP contribution in [0.3, 0.4) is 0 Å². The smallest absolute Gasteiger partial charge is 0.228 e. The van der Waals surface area contributed by atoms with Crippen molar-refractivity contribution in [2.75, 3.05) is 5.32 Å². The van der Waals surface area contributed by atoms with Gasteiger partial charge in [-0.05, 0) is 40.3 Å². The number of nitrogens with zero attached hydrogens (tertiary/aromatic N) is 2. The van der Waals surface area contributed by atoms with Gasteiger partial charge in [-0.15, -0.1) is 0 Å². The Morgan fingerprint density at radius 3 is 2.32 bits per heavy atom. The quantitative estimate of drug-likeness (QED) is 0.625. The number of anilines is 1. The minimum Gasteiger partial charge on any atom is -0.321 e. The van der Waals surface area contributed by atoms with Gasteiger partial charge in [0.05, 0.1) is 6.42 Å². The van der Waals surface area contributed by atoms with Crippen LogP contribution < -0.4 is 5.32 Å². The fraction of sp³-hybridized carbons (Fsp3) is 0.0833. The Bertz CT molecular complexity index is 584. The Labute approximate surface area is 133 Å². The first-order valence-corrected chi connectivity index (χ1v) is 7.10. The molecule has 0 saturated carbocycles. The van der Waals surface area contributed by atoms with Gasteiger partial charge < -0.3 is 5.32 Å². The molecule has 0 aliphatic carbocycles. The molecule has 0 spiro atoms. The second-order valence-corrected chi connectivity index (χ2v) is 5.64. The molecule has 19 heavy (non-hydrogen) atoms. The summed E-state index contributed by atoms with van der Waals surface area (Å²) >= 11 is 13.9. The molecular formula is C12H8Cl2IN3O. The molecule has 0 unspecified atom stereocenters. The van der Waals surface area contributed by atoms with Crippen molar-refractivity contribution in [2.45, 2.75) is 6.42 Å². The van der Waals surface area contributed by atoms with Gasteiger partial charge in [0.1, 0.15) is 12.0 Å². The van der Waals surface area contributed by atoms with E-state index in [9.17, 15) is 4.79 Å². The molecule has 7 heteroatoms. The molecule has 2 aromatic rings. The first-order valence-electron chi connectivity index (χ1n) is 5.26. The number of benzene rings is 1. The number of aromatic nitrogens is 2. The lowest BCUT2D eigenvalue weighted by Gasteiger charge is -2.07. The molecule has 1 N–H and O–H groups in total. The Morgan fingerprint density at radius 1 is 1.16 bits per heavy atom. The zero-order chi connectivity index (χ0) is 13.8. The predicted molar refractivity (Wildman–Crippen MR) is 83.5 cm³/mol. The van der Waals surface area contributed by atoms with E-state index in [0.717, 1.165) is 9.13 Å². The number of hydrogen-bond acceptors (Lipinski definition) is 3. The van der Waals surface area contributed by atoms with E-state index in [1.807, 2.05) is 24.3 Å². The van der Waals surface area contributed by atoms with Gasteiger partial charge in [0.15, 0.2) is 10.3 Å². The van der Waals surface area contributed by atoms with E-state index in [2.05, 4.69) is 37.9 Å². The van der Waals surface area contributed by atoms with Crippen LogP contribution in [0.4, 0.5) is 5.69 Å². The fourth-order valence-electron chi connectivity index (χ4n) is 1.42. The summed E-state index contributed by atoms with van der Waals surface area (Å²) in [4.78, 5) is 19.4. The zero-order valence-corrected chi connectivity index (χ0v) is 13.2. The largest absolute Gasteiger partial charge is 0.321 e. The van der Waals surface area contributed by atoms with E-state index in [1.54, 1.807) is 0 Å². The molecule has 0 atom stereocenters. The van der Waals surface area contributed by atoms with Crippen LogP contribution in [0.2, 0.25) is 10.3 Å². The highest BCUT2D eigenvalue weighted by molar-refractivity contribution is 14.1. The fourth-order valence-corrected chi connectivity index (χ4v) is 2.19. The maximum Gasteiger partial charge on any atom is 0.228 e. The number of carbonyl (C=O) groups is 1. The average Bonchev–Trinajstić information content (AvgIpc) is 2.37. The number of amides is 1. The second kappa shape index (κ2) is 6.49. The first kappa shape index (κ1) is 14.5. The maximum absolute atomic E-state index is 11.9. The number of nitrogens with one attached hydrogen (secondary N) is 1. The molecule has 98 valence electrons. The predicted octanol–water partition coefficient (Wildman–Crippen LogP) is 3.57. The SMILES string of the molecule is O=C(Cc1ccc(I)cc1)Nc1c(Cl)ncnc1Cl. The van der Waals surface area contributed by atoms with Crippen molar-refractivity contribution in [3.8, 4) is 0 Å². The molecule has 0 saturated heterocycles. The van der Waals surface area contributed by atoms with E-state index in [-0.39, 0.29) is 28.3 Å². The molecule has 0 bridgehead atoms. The third-order valence-electron chi connectivity index (χ3n) is 2.30. The van der Waals surface area contributed by atoms with Gasteiger partial charge in [0.2, 0.25) is 5.91 Å². The van der Waals surface area contributed by atoms with Crippen LogP contribution in [0, 0.1) is 3.57 Å². The highest BCUT2D eigenvalue weighted by Gasteiger charge is 2.12. The average molecular weight is 408 g/mol. The molecule has 4 nitrogen and oxygen atoms in total. The Kier molecular flexibility index (Phi) is 4.95. The summed E-state index contributed by atoms with van der Waals surface area (Å²) < 4.78 is 1.12. The van der Waals surface area contributed by atoms with E-state index in [4.69, 9.17) is 23.2 Å². The highest BCUT2D eigenvalue weighted by Crippen LogP contribution is 2.25. The lowest BCUT2D eigenvalue weighted by atomic mass is 10.1. The number of hydrogen-bond donors (Lipinski definition) is 1. The molecule has 1 heterocycles. The van der Waals surface area contributed by atoms with E-state index >= 15 is 0 Å². The molecular weight excluding hydrogens is 400 g/mol. The van der Waals surface area contributed by atoms with Gasteiger partial charge in [0.25, 0.3) is 0 Å². The lowest BCUT2D eigenvalue weighted by Crippen LogP contribution is -2.15. The summed E-state index contributed by atoms with van der Waals surface area (Å²) in [6.07, 6.45) is 1.47. The Balaban J connectivity index is 2.07. The number of rotatable bonds is 3. The topological polar surface area (TPSA) is 54.9 Å². The van der Waals surface area contributed by atoms with Crippen LogP contribution in [0.1, 0.15) is 5.56 Å². The van der Waals surface area contributed by atoms with Crippen LogP contribution >= 0.6 is 45.8 Å². The molecule has 0 aliphatic heterocycles. The minimum absolute atomic E-state index is 0.121. The molecule has 2 rings (SSSR count). The Morgan fingerprint density at radius 2 is 1.74 bits per heavy atom. The molecule has 0 radical (unpaired) electrons. The molecule has 0 aliphatic rings. The van der Waals surface area contributed by atoms with Crippen LogP contribution in [0.5, 0.6) is 0 Å². The van der Waals surface area contributed by atoms with Crippen molar-refractivity contribution in [2.24, 2.45) is 0 Å². The van der Waals surface area contributed by atoms with Gasteiger partial charge >= 0.3 is 0 Å². The standard InChI is InChI=1S/C12H8Cl2IN3O/c13-11-10(12(14)17-6-16-11)18-9(19)5-7-1-3-8(15)4-2-7/h1-4,6H,5H2,(H,18,19). The van der Waals surface area contributed by atoms with E-state index in [0.29, 0.717) is 0 Å². The number of carbonyl (C=O) groups excluding carboxylic acids is 1. The van der Waals surface area contributed by atoms with Crippen LogP contribution in [-0.4, -0.2) is 15.9 Å². The summed E-state index contributed by atoms with van der Waals surface area (Å²) in [6, 6.07) is 7.67. The van der Waals surface area contributed by atoms with Gasteiger partial charge in [-0.25, -0.2) is 9.97 Å². The molecule has 1 amide bonds. The van der Waals surface area contributed by atoms with Crippen LogP contribution in [0.15, 0.2) is 30.6 Å². The third kappa shape index (κ3) is 4.02. The monoisotopic (exact) mass is 407 g/mol. The van der Waals surface area contributed by atoms with Gasteiger partial charge in [-0.1, -0.05) is 35.3 Å². The Hall–Kier alpha value is -0.920. The van der Waals surface area contributed by atoms with Crippen molar-refractivity contribution in [1.29, 1.82) is 0 Å². The summed E-state index contributed by atoms with van der Waals surface area (Å²) in [5, 5.41) is 2.85. The first-order chi connectivity index (χ1) is 9.06. The molecule has 1 aromatic heterocycles. The summed E-state index contributed by atoms with van der Waals surface area (Å²) in [5.74, 6) is -0.222. The minimum atomic E-state index is -0.222. The van der Waals surface area contributed by atoms with Crippen molar-refractivity contribution >= 4 is 57.4 Å². The van der Waals surface area contributed by atoms with Crippen molar-refractivity contribution in [1.82, 2.24) is 9.97 Å². The van der Waals surface area contributed by atoms with Gasteiger partial charge in [0, 0.05) is 3.57 Å². The highest BCUT2D eigenvalue weighted by atomic mass is 127. The lowest BCUT2D eigenvalue weighted by molar-refractivity contribution is -0.115. The van der Waals surface area contributed by atoms with Crippen LogP contribution in [-0.2, 0) is 11.2 Å². The van der Waals surface area contributed by atoms with Gasteiger partial charge in [-0.3, -0.25) is 4.79 Å². The zero-order valence-electron chi connectivity index (χ0n) is 9.53.